The molecule has 31 heavy (non-hydrogen) atoms. The SMILES string of the molecule is O=C(OC1C2C=CC(C2)C1C(=O)Oc1ccccc1)c1ccc(-c2ccccc2)cc1. The maximum Gasteiger partial charge on any atom is 0.338 e. The molecule has 0 heterocycles. The number of para-hydroxylation sites is 1. The summed E-state index contributed by atoms with van der Waals surface area (Å²) in [5, 5.41) is 0. The van der Waals surface area contributed by atoms with E-state index >= 15 is 0 Å². The third-order valence-electron chi connectivity index (χ3n) is 6.09. The minimum atomic E-state index is -0.507. The third kappa shape index (κ3) is 3.89. The van der Waals surface area contributed by atoms with Gasteiger partial charge in [0.2, 0.25) is 0 Å². The fourth-order valence-corrected chi connectivity index (χ4v) is 4.54. The molecule has 0 saturated heterocycles. The second-order valence-corrected chi connectivity index (χ2v) is 8.02. The molecule has 4 unspecified atom stereocenters. The van der Waals surface area contributed by atoms with Crippen molar-refractivity contribution < 1.29 is 19.1 Å². The van der Waals surface area contributed by atoms with Crippen LogP contribution < -0.4 is 4.74 Å². The molecule has 1 saturated carbocycles. The summed E-state index contributed by atoms with van der Waals surface area (Å²) in [5.74, 6) is -0.655. The van der Waals surface area contributed by atoms with E-state index in [9.17, 15) is 9.59 Å². The van der Waals surface area contributed by atoms with Gasteiger partial charge in [0.25, 0.3) is 0 Å². The highest BCUT2D eigenvalue weighted by Crippen LogP contribution is 2.46. The van der Waals surface area contributed by atoms with E-state index in [1.54, 1.807) is 24.3 Å². The van der Waals surface area contributed by atoms with E-state index in [1.165, 1.54) is 0 Å². The highest BCUT2D eigenvalue weighted by molar-refractivity contribution is 5.90. The highest BCUT2D eigenvalue weighted by atomic mass is 16.6. The lowest BCUT2D eigenvalue weighted by molar-refractivity contribution is -0.143. The molecule has 0 radical (unpaired) electrons. The van der Waals surface area contributed by atoms with Crippen LogP contribution >= 0.6 is 0 Å². The molecular weight excluding hydrogens is 388 g/mol. The van der Waals surface area contributed by atoms with Crippen molar-refractivity contribution in [2.24, 2.45) is 17.8 Å². The minimum Gasteiger partial charge on any atom is -0.457 e. The van der Waals surface area contributed by atoms with E-state index in [0.717, 1.165) is 17.5 Å². The summed E-state index contributed by atoms with van der Waals surface area (Å²) in [6, 6.07) is 26.3. The van der Waals surface area contributed by atoms with Crippen molar-refractivity contribution in [3.8, 4) is 16.9 Å². The number of allylic oxidation sites excluding steroid dienone is 1. The first kappa shape index (κ1) is 19.3. The smallest absolute Gasteiger partial charge is 0.338 e. The van der Waals surface area contributed by atoms with Crippen LogP contribution in [-0.4, -0.2) is 18.0 Å². The van der Waals surface area contributed by atoms with Gasteiger partial charge < -0.3 is 9.47 Å². The van der Waals surface area contributed by atoms with Gasteiger partial charge in [-0.05, 0) is 47.7 Å². The molecule has 0 amide bonds. The van der Waals surface area contributed by atoms with Gasteiger partial charge in [0.05, 0.1) is 5.56 Å². The van der Waals surface area contributed by atoms with Crippen LogP contribution in [0.3, 0.4) is 0 Å². The van der Waals surface area contributed by atoms with Crippen molar-refractivity contribution in [2.75, 3.05) is 0 Å². The zero-order valence-electron chi connectivity index (χ0n) is 16.9. The van der Waals surface area contributed by atoms with Gasteiger partial charge in [0.1, 0.15) is 17.8 Å². The number of benzene rings is 3. The second-order valence-electron chi connectivity index (χ2n) is 8.02. The highest BCUT2D eigenvalue weighted by Gasteiger charge is 2.51. The normalized spacial score (nSPS) is 23.5. The topological polar surface area (TPSA) is 52.6 Å². The monoisotopic (exact) mass is 410 g/mol. The lowest BCUT2D eigenvalue weighted by Crippen LogP contribution is -2.38. The van der Waals surface area contributed by atoms with E-state index in [4.69, 9.17) is 9.47 Å². The number of hydrogen-bond acceptors (Lipinski definition) is 4. The minimum absolute atomic E-state index is 0.0412. The quantitative estimate of drug-likeness (QED) is 0.325. The molecule has 0 aromatic heterocycles. The molecule has 4 atom stereocenters. The first-order valence-corrected chi connectivity index (χ1v) is 10.5. The summed E-state index contributed by atoms with van der Waals surface area (Å²) in [5.41, 5.74) is 2.59. The molecule has 4 nitrogen and oxygen atoms in total. The molecule has 3 aromatic carbocycles. The zero-order valence-corrected chi connectivity index (χ0v) is 16.9. The zero-order chi connectivity index (χ0) is 21.2. The van der Waals surface area contributed by atoms with Gasteiger partial charge in [0.15, 0.2) is 0 Å². The summed E-state index contributed by atoms with van der Waals surface area (Å²) in [6.07, 6.45) is 4.39. The fraction of sp³-hybridized carbons (Fsp3) is 0.185. The fourth-order valence-electron chi connectivity index (χ4n) is 4.54. The van der Waals surface area contributed by atoms with Gasteiger partial charge in [-0.15, -0.1) is 0 Å². The van der Waals surface area contributed by atoms with Crippen molar-refractivity contribution in [3.63, 3.8) is 0 Å². The maximum absolute atomic E-state index is 12.9. The van der Waals surface area contributed by atoms with Gasteiger partial charge in [-0.1, -0.05) is 72.8 Å². The van der Waals surface area contributed by atoms with Crippen molar-refractivity contribution in [3.05, 3.63) is 103 Å². The van der Waals surface area contributed by atoms with Crippen LogP contribution in [0.4, 0.5) is 0 Å². The predicted octanol–water partition coefficient (Wildman–Crippen LogP) is 5.31. The summed E-state index contributed by atoms with van der Waals surface area (Å²) in [7, 11) is 0. The van der Waals surface area contributed by atoms with Gasteiger partial charge in [0, 0.05) is 5.92 Å². The molecule has 4 heteroatoms. The van der Waals surface area contributed by atoms with Crippen molar-refractivity contribution in [1.82, 2.24) is 0 Å². The Morgan fingerprint density at radius 2 is 1.32 bits per heavy atom. The Hall–Kier alpha value is -3.66. The number of hydrogen-bond donors (Lipinski definition) is 0. The van der Waals surface area contributed by atoms with Gasteiger partial charge in [-0.2, -0.15) is 0 Å². The van der Waals surface area contributed by atoms with Crippen LogP contribution in [0.5, 0.6) is 5.75 Å². The molecule has 2 aliphatic rings. The average Bonchev–Trinajstić information content (AvgIpc) is 3.42. The molecule has 1 fully saturated rings. The number of fused-ring (bicyclic) bond motifs is 2. The molecule has 0 N–H and O–H groups in total. The molecule has 5 rings (SSSR count). The van der Waals surface area contributed by atoms with E-state index in [-0.39, 0.29) is 17.8 Å². The Morgan fingerprint density at radius 3 is 2.03 bits per heavy atom. The Kier molecular flexibility index (Phi) is 5.13. The number of carbonyl (C=O) groups excluding carboxylic acids is 2. The van der Waals surface area contributed by atoms with Crippen LogP contribution in [0.1, 0.15) is 16.8 Å². The largest absolute Gasteiger partial charge is 0.457 e. The Morgan fingerprint density at radius 1 is 0.710 bits per heavy atom. The molecular formula is C27H22O4. The Bertz CT molecular complexity index is 1100. The molecule has 0 aliphatic heterocycles. The standard InChI is InChI=1S/C27H22O4/c28-26(20-13-11-19(12-14-20)18-7-3-1-4-8-18)31-25-22-16-15-21(17-22)24(25)27(29)30-23-9-5-2-6-10-23/h1-16,21-22,24-25H,17H2. The van der Waals surface area contributed by atoms with E-state index < -0.39 is 18.0 Å². The predicted molar refractivity (Wildman–Crippen MR) is 117 cm³/mol. The van der Waals surface area contributed by atoms with Crippen LogP contribution in [0.15, 0.2) is 97.1 Å². The van der Waals surface area contributed by atoms with Gasteiger partial charge >= 0.3 is 11.9 Å². The molecule has 2 bridgehead atoms. The summed E-state index contributed by atoms with van der Waals surface area (Å²) in [4.78, 5) is 25.7. The van der Waals surface area contributed by atoms with Crippen LogP contribution in [-0.2, 0) is 9.53 Å². The first-order valence-electron chi connectivity index (χ1n) is 10.5. The lowest BCUT2D eigenvalue weighted by Gasteiger charge is -2.26. The van der Waals surface area contributed by atoms with Crippen LogP contribution in [0, 0.1) is 17.8 Å². The van der Waals surface area contributed by atoms with Crippen LogP contribution in [0.25, 0.3) is 11.1 Å². The number of esters is 2. The maximum atomic E-state index is 12.9. The number of ether oxygens (including phenoxy) is 2. The van der Waals surface area contributed by atoms with Gasteiger partial charge in [-0.25, -0.2) is 4.79 Å². The molecule has 154 valence electrons. The van der Waals surface area contributed by atoms with Crippen LogP contribution in [0.2, 0.25) is 0 Å². The van der Waals surface area contributed by atoms with E-state index in [1.807, 2.05) is 72.8 Å². The van der Waals surface area contributed by atoms with Gasteiger partial charge in [-0.3, -0.25) is 4.79 Å². The molecule has 3 aromatic rings. The van der Waals surface area contributed by atoms with Crippen molar-refractivity contribution in [2.45, 2.75) is 12.5 Å². The second kappa shape index (κ2) is 8.23. The Balaban J connectivity index is 1.30. The third-order valence-corrected chi connectivity index (χ3v) is 6.09. The van der Waals surface area contributed by atoms with E-state index in [0.29, 0.717) is 11.3 Å². The Labute approximate surface area is 181 Å². The molecule has 0 spiro atoms. The summed E-state index contributed by atoms with van der Waals surface area (Å²) >= 11 is 0. The number of carbonyl (C=O) groups is 2. The first-order chi connectivity index (χ1) is 15.2. The van der Waals surface area contributed by atoms with E-state index in [2.05, 4.69) is 0 Å². The summed E-state index contributed by atoms with van der Waals surface area (Å²) < 4.78 is 11.4. The van der Waals surface area contributed by atoms with Crippen molar-refractivity contribution in [1.29, 1.82) is 0 Å². The summed E-state index contributed by atoms with van der Waals surface area (Å²) in [6.45, 7) is 0. The van der Waals surface area contributed by atoms with Crippen molar-refractivity contribution >= 4 is 11.9 Å². The number of rotatable bonds is 5. The average molecular weight is 410 g/mol. The lowest BCUT2D eigenvalue weighted by atomic mass is 9.91. The molecule has 2 aliphatic carbocycles.